The number of nitrogens with zero attached hydrogens (tertiary/aromatic N) is 1. The van der Waals surface area contributed by atoms with Gasteiger partial charge >= 0.3 is 0 Å². The molecule has 3 heterocycles. The first-order valence-electron chi connectivity index (χ1n) is 10.7. The van der Waals surface area contributed by atoms with Crippen molar-refractivity contribution >= 4 is 51.8 Å². The van der Waals surface area contributed by atoms with Crippen LogP contribution >= 0.6 is 23.4 Å². The molecule has 2 amide bonds. The molecule has 0 saturated carbocycles. The fourth-order valence-electron chi connectivity index (χ4n) is 4.57. The van der Waals surface area contributed by atoms with Gasteiger partial charge in [0.15, 0.2) is 0 Å². The lowest BCUT2D eigenvalue weighted by molar-refractivity contribution is -0.133. The average Bonchev–Trinajstić information content (AvgIpc) is 3.23. The Balaban J connectivity index is 1.22. The van der Waals surface area contributed by atoms with Crippen molar-refractivity contribution in [2.75, 3.05) is 25.5 Å². The van der Waals surface area contributed by atoms with E-state index in [9.17, 15) is 9.59 Å². The molecule has 0 spiro atoms. The Labute approximate surface area is 195 Å². The Bertz CT molecular complexity index is 1190. The van der Waals surface area contributed by atoms with Gasteiger partial charge in [-0.05, 0) is 60.7 Å². The molecule has 5 rings (SSSR count). The molecule has 32 heavy (non-hydrogen) atoms. The van der Waals surface area contributed by atoms with Gasteiger partial charge in [0, 0.05) is 46.5 Å². The predicted molar refractivity (Wildman–Crippen MR) is 128 cm³/mol. The maximum atomic E-state index is 13.0. The van der Waals surface area contributed by atoms with E-state index in [1.54, 1.807) is 19.2 Å². The number of carbonyl (C=O) groups excluding carboxylic acids is 2. The summed E-state index contributed by atoms with van der Waals surface area (Å²) in [6.07, 6.45) is 4.09. The number of likely N-dealkylation sites (tertiary alicyclic amines) is 1. The number of piperidine rings is 1. The van der Waals surface area contributed by atoms with Crippen LogP contribution in [0.25, 0.3) is 10.9 Å². The molecule has 2 aromatic carbocycles. The minimum Gasteiger partial charge on any atom is -0.497 e. The Morgan fingerprint density at radius 3 is 2.81 bits per heavy atom. The highest BCUT2D eigenvalue weighted by atomic mass is 35.5. The molecule has 1 atom stereocenters. The number of nitrogens with one attached hydrogen (secondary N) is 2. The summed E-state index contributed by atoms with van der Waals surface area (Å²) in [7, 11) is 1.68. The number of aromatic amines is 1. The number of aromatic nitrogens is 1. The Kier molecular flexibility index (Phi) is 5.78. The standard InChI is InChI=1S/C24H24ClN3O3S/c1-31-16-3-4-19-17(11-16)18(13-26-19)14-6-8-28(9-7-14)23(29)12-22-24(30)27-20-10-15(25)2-5-21(20)32-22/h2-5,10-11,13-14,22,26H,6-9,12H2,1H3,(H,27,30). The number of amides is 2. The summed E-state index contributed by atoms with van der Waals surface area (Å²) in [5, 5.41) is 4.22. The van der Waals surface area contributed by atoms with Crippen LogP contribution in [0.3, 0.4) is 0 Å². The number of ether oxygens (including phenoxy) is 1. The SMILES string of the molecule is COc1ccc2[nH]cc(C3CCN(C(=O)CC4Sc5ccc(Cl)cc5NC4=O)CC3)c2c1. The van der Waals surface area contributed by atoms with Gasteiger partial charge in [0.2, 0.25) is 11.8 Å². The van der Waals surface area contributed by atoms with Crippen LogP contribution in [-0.2, 0) is 9.59 Å². The van der Waals surface area contributed by atoms with E-state index in [2.05, 4.69) is 22.6 Å². The second kappa shape index (κ2) is 8.71. The van der Waals surface area contributed by atoms with Crippen LogP contribution in [0.1, 0.15) is 30.7 Å². The van der Waals surface area contributed by atoms with Gasteiger partial charge in [-0.15, -0.1) is 11.8 Å². The smallest absolute Gasteiger partial charge is 0.238 e. The van der Waals surface area contributed by atoms with E-state index >= 15 is 0 Å². The van der Waals surface area contributed by atoms with Gasteiger partial charge in [-0.3, -0.25) is 9.59 Å². The molecule has 1 fully saturated rings. The third-order valence-corrected chi connectivity index (χ3v) is 7.84. The van der Waals surface area contributed by atoms with E-state index < -0.39 is 5.25 Å². The van der Waals surface area contributed by atoms with Crippen LogP contribution in [0.5, 0.6) is 5.75 Å². The number of thioether (sulfide) groups is 1. The van der Waals surface area contributed by atoms with E-state index in [-0.39, 0.29) is 18.2 Å². The van der Waals surface area contributed by atoms with Crippen LogP contribution in [0, 0.1) is 0 Å². The lowest BCUT2D eigenvalue weighted by Crippen LogP contribution is -2.41. The van der Waals surface area contributed by atoms with E-state index in [1.807, 2.05) is 23.1 Å². The minimum atomic E-state index is -0.421. The topological polar surface area (TPSA) is 74.4 Å². The van der Waals surface area contributed by atoms with E-state index in [0.29, 0.717) is 29.7 Å². The maximum absolute atomic E-state index is 13.0. The Morgan fingerprint density at radius 2 is 2.03 bits per heavy atom. The summed E-state index contributed by atoms with van der Waals surface area (Å²) in [5.41, 5.74) is 3.09. The fraction of sp³-hybridized carbons (Fsp3) is 0.333. The molecule has 3 aromatic rings. The van der Waals surface area contributed by atoms with Crippen LogP contribution < -0.4 is 10.1 Å². The van der Waals surface area contributed by atoms with Crippen molar-refractivity contribution in [1.29, 1.82) is 0 Å². The highest BCUT2D eigenvalue weighted by molar-refractivity contribution is 8.01. The molecule has 1 aromatic heterocycles. The van der Waals surface area contributed by atoms with Gasteiger partial charge < -0.3 is 19.9 Å². The number of fused-ring (bicyclic) bond motifs is 2. The number of benzene rings is 2. The average molecular weight is 470 g/mol. The maximum Gasteiger partial charge on any atom is 0.238 e. The first-order valence-corrected chi connectivity index (χ1v) is 12.0. The number of methoxy groups -OCH3 is 1. The van der Waals surface area contributed by atoms with Gasteiger partial charge in [0.05, 0.1) is 18.0 Å². The molecular formula is C24H24ClN3O3S. The first-order chi connectivity index (χ1) is 15.5. The molecule has 1 saturated heterocycles. The second-order valence-electron chi connectivity index (χ2n) is 8.25. The summed E-state index contributed by atoms with van der Waals surface area (Å²) < 4.78 is 5.38. The third-order valence-electron chi connectivity index (χ3n) is 6.33. The van der Waals surface area contributed by atoms with Crippen molar-refractivity contribution in [3.63, 3.8) is 0 Å². The zero-order chi connectivity index (χ0) is 22.2. The van der Waals surface area contributed by atoms with Crippen molar-refractivity contribution in [1.82, 2.24) is 9.88 Å². The van der Waals surface area contributed by atoms with Crippen molar-refractivity contribution in [3.8, 4) is 5.75 Å². The van der Waals surface area contributed by atoms with Crippen LogP contribution in [0.15, 0.2) is 47.5 Å². The van der Waals surface area contributed by atoms with Crippen molar-refractivity contribution in [2.45, 2.75) is 35.3 Å². The molecule has 166 valence electrons. The number of carbonyl (C=O) groups is 2. The number of hydrogen-bond acceptors (Lipinski definition) is 4. The minimum absolute atomic E-state index is 0.0362. The summed E-state index contributed by atoms with van der Waals surface area (Å²) in [4.78, 5) is 31.7. The van der Waals surface area contributed by atoms with Crippen LogP contribution in [-0.4, -0.2) is 47.1 Å². The largest absolute Gasteiger partial charge is 0.497 e. The molecule has 0 radical (unpaired) electrons. The zero-order valence-electron chi connectivity index (χ0n) is 17.7. The van der Waals surface area contributed by atoms with E-state index in [4.69, 9.17) is 16.3 Å². The first kappa shape index (κ1) is 21.2. The monoisotopic (exact) mass is 469 g/mol. The highest BCUT2D eigenvalue weighted by Gasteiger charge is 2.32. The van der Waals surface area contributed by atoms with Crippen LogP contribution in [0.2, 0.25) is 5.02 Å². The van der Waals surface area contributed by atoms with Gasteiger partial charge in [-0.25, -0.2) is 0 Å². The molecule has 2 aliphatic rings. The zero-order valence-corrected chi connectivity index (χ0v) is 19.3. The van der Waals surface area contributed by atoms with Gasteiger partial charge in [0.1, 0.15) is 5.75 Å². The molecule has 2 N–H and O–H groups in total. The summed E-state index contributed by atoms with van der Waals surface area (Å²) in [6.45, 7) is 1.40. The molecule has 0 aliphatic carbocycles. The number of halogens is 1. The quantitative estimate of drug-likeness (QED) is 0.561. The molecule has 8 heteroatoms. The van der Waals surface area contributed by atoms with Gasteiger partial charge in [0.25, 0.3) is 0 Å². The summed E-state index contributed by atoms with van der Waals surface area (Å²) in [5.74, 6) is 1.14. The fourth-order valence-corrected chi connectivity index (χ4v) is 5.82. The second-order valence-corrected chi connectivity index (χ2v) is 9.93. The van der Waals surface area contributed by atoms with Gasteiger partial charge in [-0.2, -0.15) is 0 Å². The lowest BCUT2D eigenvalue weighted by Gasteiger charge is -2.33. The molecule has 6 nitrogen and oxygen atoms in total. The van der Waals surface area contributed by atoms with E-state index in [1.165, 1.54) is 22.7 Å². The number of anilines is 1. The lowest BCUT2D eigenvalue weighted by atomic mass is 9.89. The number of rotatable bonds is 4. The molecule has 1 unspecified atom stereocenters. The summed E-state index contributed by atoms with van der Waals surface area (Å²) in [6, 6.07) is 11.5. The Hall–Kier alpha value is -2.64. The normalized spacial score (nSPS) is 19.0. The molecule has 2 aliphatic heterocycles. The van der Waals surface area contributed by atoms with Crippen molar-refractivity contribution in [2.24, 2.45) is 0 Å². The van der Waals surface area contributed by atoms with Gasteiger partial charge in [-0.1, -0.05) is 11.6 Å². The van der Waals surface area contributed by atoms with Crippen molar-refractivity contribution < 1.29 is 14.3 Å². The molecule has 0 bridgehead atoms. The third kappa shape index (κ3) is 4.07. The van der Waals surface area contributed by atoms with Crippen LogP contribution in [0.4, 0.5) is 5.69 Å². The summed E-state index contributed by atoms with van der Waals surface area (Å²) >= 11 is 7.45. The predicted octanol–water partition coefficient (Wildman–Crippen LogP) is 5.04. The number of H-pyrrole nitrogens is 1. The van der Waals surface area contributed by atoms with E-state index in [0.717, 1.165) is 29.0 Å². The molecular weight excluding hydrogens is 446 g/mol. The Morgan fingerprint density at radius 1 is 1.22 bits per heavy atom. The highest BCUT2D eigenvalue weighted by Crippen LogP contribution is 2.39. The van der Waals surface area contributed by atoms with Crippen molar-refractivity contribution in [3.05, 3.63) is 53.2 Å². The number of hydrogen-bond donors (Lipinski definition) is 2.